The molecule has 113 heavy (non-hydrogen) atoms. The first-order chi connectivity index (χ1) is 53.6. The molecule has 29 nitrogen and oxygen atoms in total. The van der Waals surface area contributed by atoms with Gasteiger partial charge in [0.15, 0.2) is 23.1 Å². The summed E-state index contributed by atoms with van der Waals surface area (Å²) in [5, 5.41) is 9.85. The van der Waals surface area contributed by atoms with Gasteiger partial charge in [0.05, 0.1) is 70.0 Å². The second-order valence-corrected chi connectivity index (χ2v) is 39.6. The predicted molar refractivity (Wildman–Crippen MR) is 428 cm³/mol. The molecule has 9 heterocycles. The van der Waals surface area contributed by atoms with Gasteiger partial charge in [-0.15, -0.1) is 0 Å². The van der Waals surface area contributed by atoms with Crippen LogP contribution in [-0.2, 0) is 65.5 Å². The number of benzene rings is 4. The van der Waals surface area contributed by atoms with Crippen LogP contribution in [0.2, 0.25) is 0 Å². The Labute approximate surface area is 668 Å². The molecule has 4 atom stereocenters. The summed E-state index contributed by atoms with van der Waals surface area (Å²) in [6, 6.07) is 24.1. The molecule has 8 aliphatic heterocycles. The molecule has 4 N–H and O–H groups in total. The fourth-order valence-electron chi connectivity index (χ4n) is 16.9. The van der Waals surface area contributed by atoms with Gasteiger partial charge >= 0.3 is 0 Å². The SMILES string of the molecule is CC(=O)c1ccc(S(=O)(=O)N2C(CCCCN(C)C)COC23CCNCC3)cc1.CC(=O)c1ccc(S(=O)(=O)N2C(CN(C)C)COC23CCNCC3)cc1.CC(=O)c1ccc(S(=O)(=O)N2C(Cc3cnc[nH]3)COC23CCNCC3)cc1.CC(=O)c1ccc(S(=O)(=O)N2CC(CN(C)C)OC23CCN(CC2CC2)CC3)cc1. The molecule has 9 fully saturated rings. The summed E-state index contributed by atoms with van der Waals surface area (Å²) in [5.74, 6) is 0.491. The van der Waals surface area contributed by atoms with Gasteiger partial charge in [0.1, 0.15) is 22.9 Å². The predicted octanol–water partition coefficient (Wildman–Crippen LogP) is 6.38. The van der Waals surface area contributed by atoms with Gasteiger partial charge in [-0.1, -0.05) is 55.0 Å². The second kappa shape index (κ2) is 37.3. The van der Waals surface area contributed by atoms with Crippen LogP contribution < -0.4 is 16.0 Å². The van der Waals surface area contributed by atoms with E-state index in [1.807, 2.05) is 52.1 Å². The summed E-state index contributed by atoms with van der Waals surface area (Å²) in [6.07, 6.45) is 14.2. The van der Waals surface area contributed by atoms with Gasteiger partial charge in [-0.05, 0) is 196 Å². The smallest absolute Gasteiger partial charge is 0.245 e. The maximum Gasteiger partial charge on any atom is 0.245 e. The molecule has 0 amide bonds. The maximum absolute atomic E-state index is 13.7. The number of piperidine rings is 4. The van der Waals surface area contributed by atoms with Crippen LogP contribution in [0.25, 0.3) is 0 Å². The normalized spacial score (nSPS) is 23.5. The van der Waals surface area contributed by atoms with E-state index < -0.39 is 63.0 Å². The first-order valence-corrected chi connectivity index (χ1v) is 45.4. The quantitative estimate of drug-likeness (QED) is 0.0364. The largest absolute Gasteiger partial charge is 0.358 e. The number of nitrogens with zero attached hydrogens (tertiary/aromatic N) is 9. The number of imidazole rings is 1. The Bertz CT molecular complexity index is 4510. The van der Waals surface area contributed by atoms with Crippen molar-refractivity contribution < 1.29 is 71.8 Å². The minimum atomic E-state index is -3.81. The topological polar surface area (TPSA) is 332 Å². The molecule has 14 rings (SSSR count). The van der Waals surface area contributed by atoms with Crippen molar-refractivity contribution in [2.45, 2.75) is 184 Å². The minimum absolute atomic E-state index is 0.0750. The molecule has 1 aliphatic carbocycles. The highest BCUT2D eigenvalue weighted by molar-refractivity contribution is 7.90. The number of ether oxygens (including phenoxy) is 4. The molecule has 8 saturated heterocycles. The van der Waals surface area contributed by atoms with Gasteiger partial charge in [-0.3, -0.25) is 19.2 Å². The van der Waals surface area contributed by atoms with Crippen molar-refractivity contribution in [2.24, 2.45) is 5.92 Å². The molecule has 33 heteroatoms. The molecular weight excluding hydrogens is 1530 g/mol. The maximum atomic E-state index is 13.7. The number of rotatable bonds is 25. The lowest BCUT2D eigenvalue weighted by Gasteiger charge is -2.43. The average molecular weight is 1650 g/mol. The van der Waals surface area contributed by atoms with E-state index >= 15 is 0 Å². The van der Waals surface area contributed by atoms with Crippen LogP contribution in [0.1, 0.15) is 158 Å². The van der Waals surface area contributed by atoms with Gasteiger partial charge in [-0.2, -0.15) is 17.2 Å². The van der Waals surface area contributed by atoms with Crippen LogP contribution in [0.15, 0.2) is 129 Å². The summed E-state index contributed by atoms with van der Waals surface area (Å²) in [6.45, 7) is 16.9. The minimum Gasteiger partial charge on any atom is -0.358 e. The molecule has 0 bridgehead atoms. The van der Waals surface area contributed by atoms with E-state index in [1.165, 1.54) is 64.8 Å². The van der Waals surface area contributed by atoms with E-state index in [0.29, 0.717) is 133 Å². The summed E-state index contributed by atoms with van der Waals surface area (Å²) < 4.78 is 140. The first-order valence-electron chi connectivity index (χ1n) is 39.6. The zero-order valence-corrected chi connectivity index (χ0v) is 70.4. The van der Waals surface area contributed by atoms with Gasteiger partial charge in [-0.25, -0.2) is 38.7 Å². The number of hydrogen-bond acceptors (Lipinski definition) is 24. The monoisotopic (exact) mass is 1640 g/mol. The van der Waals surface area contributed by atoms with Gasteiger partial charge in [0.25, 0.3) is 0 Å². The zero-order chi connectivity index (χ0) is 81.3. The van der Waals surface area contributed by atoms with Gasteiger partial charge in [0, 0.05) is 131 Å². The molecule has 1 aromatic heterocycles. The lowest BCUT2D eigenvalue weighted by molar-refractivity contribution is -0.116. The molecule has 4 spiro atoms. The van der Waals surface area contributed by atoms with E-state index in [2.05, 4.69) is 35.7 Å². The van der Waals surface area contributed by atoms with Crippen molar-refractivity contribution in [1.82, 2.24) is 62.7 Å². The Balaban J connectivity index is 0.000000149. The third-order valence-electron chi connectivity index (χ3n) is 22.9. The number of Topliss-reactive ketones (excluding diaryl/α,β-unsaturated/α-hetero) is 4. The lowest BCUT2D eigenvalue weighted by atomic mass is 10.0. The molecule has 4 aromatic carbocycles. The van der Waals surface area contributed by atoms with Crippen LogP contribution >= 0.6 is 0 Å². The number of carbonyl (C=O) groups excluding carboxylic acids is 4. The van der Waals surface area contributed by atoms with Crippen molar-refractivity contribution in [2.75, 3.05) is 147 Å². The number of likely N-dealkylation sites (tertiary alicyclic amines) is 1. The molecule has 9 aliphatic rings. The van der Waals surface area contributed by atoms with E-state index in [4.69, 9.17) is 18.9 Å². The zero-order valence-electron chi connectivity index (χ0n) is 67.2. The van der Waals surface area contributed by atoms with Crippen molar-refractivity contribution >= 4 is 63.2 Å². The Hall–Kier alpha value is -6.03. The third kappa shape index (κ3) is 20.6. The first kappa shape index (κ1) is 87.8. The average Bonchev–Trinajstić information content (AvgIpc) is 1.66. The Morgan fingerprint density at radius 1 is 0.460 bits per heavy atom. The highest BCUT2D eigenvalue weighted by atomic mass is 32.2. The molecular formula is C80H117N13O16S4. The Kier molecular flexibility index (Phi) is 29.0. The highest BCUT2D eigenvalue weighted by Crippen LogP contribution is 2.46. The highest BCUT2D eigenvalue weighted by Gasteiger charge is 2.58. The summed E-state index contributed by atoms with van der Waals surface area (Å²) >= 11 is 0. The summed E-state index contributed by atoms with van der Waals surface area (Å²) in [5.41, 5.74) is -0.289. The number of unbranched alkanes of at least 4 members (excludes halogenated alkanes) is 1. The Morgan fingerprint density at radius 2 is 0.832 bits per heavy atom. The molecule has 4 unspecified atom stereocenters. The second-order valence-electron chi connectivity index (χ2n) is 32.3. The number of aromatic amines is 1. The summed E-state index contributed by atoms with van der Waals surface area (Å²) in [7, 11) is -3.10. The number of likely N-dealkylation sites (N-methyl/N-ethyl adjacent to an activating group) is 2. The lowest BCUT2D eigenvalue weighted by Crippen LogP contribution is -2.57. The van der Waals surface area contributed by atoms with Crippen molar-refractivity contribution in [1.29, 1.82) is 0 Å². The number of aromatic nitrogens is 2. The van der Waals surface area contributed by atoms with E-state index in [-0.39, 0.29) is 66.9 Å². The van der Waals surface area contributed by atoms with Gasteiger partial charge in [0.2, 0.25) is 40.1 Å². The molecule has 1 saturated carbocycles. The molecule has 0 radical (unpaired) electrons. The number of sulfonamides is 4. The van der Waals surface area contributed by atoms with Crippen molar-refractivity contribution in [3.05, 3.63) is 138 Å². The fraction of sp³-hybridized carbons (Fsp3) is 0.613. The van der Waals surface area contributed by atoms with Crippen LogP contribution in [0.5, 0.6) is 0 Å². The number of carbonyl (C=O) groups is 4. The Morgan fingerprint density at radius 3 is 1.19 bits per heavy atom. The number of ketones is 4. The fourth-order valence-corrected chi connectivity index (χ4v) is 24.4. The van der Waals surface area contributed by atoms with E-state index in [1.54, 1.807) is 103 Å². The van der Waals surface area contributed by atoms with Crippen LogP contribution in [0, 0.1) is 5.92 Å². The van der Waals surface area contributed by atoms with E-state index in [0.717, 1.165) is 83.2 Å². The number of hydrogen-bond donors (Lipinski definition) is 4. The van der Waals surface area contributed by atoms with Crippen LogP contribution in [0.4, 0.5) is 0 Å². The summed E-state index contributed by atoms with van der Waals surface area (Å²) in [4.78, 5) is 62.7. The van der Waals surface area contributed by atoms with Crippen molar-refractivity contribution in [3.63, 3.8) is 0 Å². The molecule has 622 valence electrons. The number of H-pyrrole nitrogens is 1. The standard InChI is InChI=1S/C22H33N3O4S.C21H33N3O4S.C19H24N4O4S.C18H27N3O4S/c1-17(26)19-6-8-21(9-7-19)30(27,28)25-16-20(15-23(2)3)29-22(25)10-12-24(13-11-22)14-18-4-5-18;1-17(25)18-7-9-20(10-8-18)29(26,27)24-19(6-4-5-15-23(2)3)16-28-21(24)11-13-22-14-12-21;1-14(24)15-2-4-18(5-3-15)28(25,26)23-17(10-16-11-21-13-22-16)12-27-19(23)6-8-20-9-7-19;1-14(22)15-4-6-17(7-5-15)26(23,24)21-16(12-20(2)3)13-25-18(21)8-10-19-11-9-18/h6-9,18,20H,4-5,10-16H2,1-3H3;7-10,19,22H,4-6,11-16H2,1-3H3;2-5,11,13,17,20H,6-10,12H2,1H3,(H,21,22);4-7,16,19H,8-13H2,1-3H3. The van der Waals surface area contributed by atoms with Gasteiger partial charge < -0.3 is 59.5 Å². The number of nitrogens with one attached hydrogen (secondary N) is 4. The third-order valence-corrected chi connectivity index (χ3v) is 30.9. The van der Waals surface area contributed by atoms with Crippen molar-refractivity contribution in [3.8, 4) is 0 Å². The van der Waals surface area contributed by atoms with Crippen LogP contribution in [-0.4, -0.2) is 298 Å². The van der Waals surface area contributed by atoms with Crippen LogP contribution in [0.3, 0.4) is 0 Å². The molecule has 5 aromatic rings. The van der Waals surface area contributed by atoms with E-state index in [9.17, 15) is 52.8 Å².